The van der Waals surface area contributed by atoms with E-state index in [-0.39, 0.29) is 37.8 Å². The lowest BCUT2D eigenvalue weighted by molar-refractivity contribution is -0.136. The SMILES string of the molecule is O=C(O)CCNC(=O)CC1(NC(=O)OCC2c3ccccc3-c3ccccc32)CCOCC1. The molecule has 2 aromatic rings. The van der Waals surface area contributed by atoms with Crippen LogP contribution in [0.25, 0.3) is 11.1 Å². The largest absolute Gasteiger partial charge is 0.481 e. The van der Waals surface area contributed by atoms with Crippen LogP contribution in [0.3, 0.4) is 0 Å². The summed E-state index contributed by atoms with van der Waals surface area (Å²) in [7, 11) is 0. The Morgan fingerprint density at radius 3 is 2.21 bits per heavy atom. The van der Waals surface area contributed by atoms with Gasteiger partial charge in [0.05, 0.1) is 12.0 Å². The zero-order valence-corrected chi connectivity index (χ0v) is 18.3. The van der Waals surface area contributed by atoms with Gasteiger partial charge in [0.1, 0.15) is 6.61 Å². The highest BCUT2D eigenvalue weighted by atomic mass is 16.5. The van der Waals surface area contributed by atoms with Crippen LogP contribution in [0.2, 0.25) is 0 Å². The van der Waals surface area contributed by atoms with Crippen LogP contribution in [0, 0.1) is 0 Å². The Balaban J connectivity index is 1.39. The minimum atomic E-state index is -0.979. The molecule has 0 spiro atoms. The van der Waals surface area contributed by atoms with Gasteiger partial charge < -0.3 is 25.2 Å². The molecule has 2 amide bonds. The van der Waals surface area contributed by atoms with Crippen molar-refractivity contribution in [3.63, 3.8) is 0 Å². The second-order valence-corrected chi connectivity index (χ2v) is 8.51. The third-order valence-electron chi connectivity index (χ3n) is 6.32. The quantitative estimate of drug-likeness (QED) is 0.567. The van der Waals surface area contributed by atoms with Crippen molar-refractivity contribution in [1.82, 2.24) is 10.6 Å². The predicted octanol–water partition coefficient (Wildman–Crippen LogP) is 3.06. The lowest BCUT2D eigenvalue weighted by atomic mass is 9.86. The maximum Gasteiger partial charge on any atom is 0.407 e. The predicted molar refractivity (Wildman–Crippen MR) is 121 cm³/mol. The molecular weight excluding hydrogens is 424 g/mol. The number of hydrogen-bond donors (Lipinski definition) is 3. The number of carboxylic acids is 1. The van der Waals surface area contributed by atoms with Crippen molar-refractivity contribution in [3.8, 4) is 11.1 Å². The van der Waals surface area contributed by atoms with Crippen molar-refractivity contribution in [2.75, 3.05) is 26.4 Å². The number of amides is 2. The number of rotatable bonds is 8. The van der Waals surface area contributed by atoms with E-state index in [2.05, 4.69) is 34.9 Å². The van der Waals surface area contributed by atoms with Crippen LogP contribution in [0.4, 0.5) is 4.79 Å². The molecule has 2 aliphatic rings. The maximum atomic E-state index is 12.8. The summed E-state index contributed by atoms with van der Waals surface area (Å²) in [6, 6.07) is 16.2. The summed E-state index contributed by atoms with van der Waals surface area (Å²) in [4.78, 5) is 35.9. The molecule has 3 N–H and O–H groups in total. The number of aliphatic carboxylic acids is 1. The third-order valence-corrected chi connectivity index (χ3v) is 6.32. The van der Waals surface area contributed by atoms with E-state index >= 15 is 0 Å². The van der Waals surface area contributed by atoms with Gasteiger partial charge in [-0.15, -0.1) is 0 Å². The molecule has 1 aliphatic heterocycles. The van der Waals surface area contributed by atoms with Gasteiger partial charge in [-0.2, -0.15) is 0 Å². The molecule has 0 atom stereocenters. The smallest absolute Gasteiger partial charge is 0.407 e. The molecule has 0 radical (unpaired) electrons. The van der Waals surface area contributed by atoms with Gasteiger partial charge in [0.2, 0.25) is 5.91 Å². The first-order chi connectivity index (χ1) is 16.0. The van der Waals surface area contributed by atoms with Crippen molar-refractivity contribution < 1.29 is 29.0 Å². The van der Waals surface area contributed by atoms with Crippen LogP contribution in [0.5, 0.6) is 0 Å². The topological polar surface area (TPSA) is 114 Å². The van der Waals surface area contributed by atoms with E-state index in [9.17, 15) is 14.4 Å². The number of carboxylic acid groups (broad SMARTS) is 1. The molecule has 2 aromatic carbocycles. The molecule has 33 heavy (non-hydrogen) atoms. The number of ether oxygens (including phenoxy) is 2. The van der Waals surface area contributed by atoms with E-state index in [1.165, 1.54) is 0 Å². The van der Waals surface area contributed by atoms with E-state index in [0.29, 0.717) is 26.1 Å². The summed E-state index contributed by atoms with van der Waals surface area (Å²) in [5.74, 6) is -1.34. The van der Waals surface area contributed by atoms with Crippen molar-refractivity contribution in [1.29, 1.82) is 0 Å². The number of carbonyl (C=O) groups excluding carboxylic acids is 2. The summed E-state index contributed by atoms with van der Waals surface area (Å²) in [5, 5.41) is 14.3. The Bertz CT molecular complexity index is 986. The number of benzene rings is 2. The first-order valence-electron chi connectivity index (χ1n) is 11.2. The van der Waals surface area contributed by atoms with Gasteiger partial charge in [-0.1, -0.05) is 48.5 Å². The Labute approximate surface area is 192 Å². The maximum absolute atomic E-state index is 12.8. The van der Waals surface area contributed by atoms with Crippen molar-refractivity contribution in [3.05, 3.63) is 59.7 Å². The van der Waals surface area contributed by atoms with Crippen LogP contribution < -0.4 is 10.6 Å². The molecule has 1 saturated heterocycles. The molecular formula is C25H28N2O6. The Kier molecular flexibility index (Phi) is 6.93. The van der Waals surface area contributed by atoms with Gasteiger partial charge in [-0.05, 0) is 35.1 Å². The summed E-state index contributed by atoms with van der Waals surface area (Å²) in [6.07, 6.45) is 0.270. The van der Waals surface area contributed by atoms with Gasteiger partial charge in [-0.25, -0.2) is 4.79 Å². The number of nitrogens with one attached hydrogen (secondary N) is 2. The zero-order chi connectivity index (χ0) is 23.3. The molecule has 0 unspecified atom stereocenters. The van der Waals surface area contributed by atoms with Crippen molar-refractivity contribution >= 4 is 18.0 Å². The zero-order valence-electron chi connectivity index (χ0n) is 18.3. The molecule has 1 fully saturated rings. The second-order valence-electron chi connectivity index (χ2n) is 8.51. The Morgan fingerprint density at radius 2 is 1.61 bits per heavy atom. The second kappa shape index (κ2) is 10.0. The highest BCUT2D eigenvalue weighted by molar-refractivity contribution is 5.80. The molecule has 8 nitrogen and oxygen atoms in total. The Hall–Kier alpha value is -3.39. The minimum absolute atomic E-state index is 0.0418. The third kappa shape index (κ3) is 5.34. The average Bonchev–Trinajstić information content (AvgIpc) is 3.11. The summed E-state index contributed by atoms with van der Waals surface area (Å²) >= 11 is 0. The molecule has 0 aromatic heterocycles. The first-order valence-corrected chi connectivity index (χ1v) is 11.2. The highest BCUT2D eigenvalue weighted by Crippen LogP contribution is 2.44. The average molecular weight is 453 g/mol. The number of carbonyl (C=O) groups is 3. The van der Waals surface area contributed by atoms with Gasteiger partial charge in [-0.3, -0.25) is 9.59 Å². The van der Waals surface area contributed by atoms with E-state index in [1.54, 1.807) is 0 Å². The standard InChI is InChI=1S/C25H28N2O6/c28-22(26-12-9-23(29)30)15-25(10-13-32-14-11-25)27-24(31)33-16-21-19-7-3-1-5-17(19)18-6-2-4-8-20(18)21/h1-8,21H,9-16H2,(H,26,28)(H,27,31)(H,29,30). The fourth-order valence-corrected chi connectivity index (χ4v) is 4.64. The number of fused-ring (bicyclic) bond motifs is 3. The van der Waals surface area contributed by atoms with Crippen molar-refractivity contribution in [2.45, 2.75) is 37.1 Å². The fourth-order valence-electron chi connectivity index (χ4n) is 4.64. The summed E-state index contributed by atoms with van der Waals surface area (Å²) in [6.45, 7) is 1.08. The molecule has 1 aliphatic carbocycles. The highest BCUT2D eigenvalue weighted by Gasteiger charge is 2.37. The van der Waals surface area contributed by atoms with E-state index < -0.39 is 17.6 Å². The van der Waals surface area contributed by atoms with Crippen LogP contribution >= 0.6 is 0 Å². The van der Waals surface area contributed by atoms with Crippen LogP contribution in [0.15, 0.2) is 48.5 Å². The number of hydrogen-bond acceptors (Lipinski definition) is 5. The lowest BCUT2D eigenvalue weighted by Gasteiger charge is -2.37. The van der Waals surface area contributed by atoms with Gasteiger partial charge in [0, 0.05) is 32.1 Å². The lowest BCUT2D eigenvalue weighted by Crippen LogP contribution is -2.54. The van der Waals surface area contributed by atoms with Crippen LogP contribution in [-0.2, 0) is 19.1 Å². The molecule has 0 bridgehead atoms. The molecule has 174 valence electrons. The van der Waals surface area contributed by atoms with Gasteiger partial charge in [0.25, 0.3) is 0 Å². The normalized spacial score (nSPS) is 16.4. The van der Waals surface area contributed by atoms with Crippen LogP contribution in [0.1, 0.15) is 42.7 Å². The van der Waals surface area contributed by atoms with E-state index in [4.69, 9.17) is 14.6 Å². The van der Waals surface area contributed by atoms with Gasteiger partial charge >= 0.3 is 12.1 Å². The first kappa shape index (κ1) is 22.8. The van der Waals surface area contributed by atoms with E-state index in [1.807, 2.05) is 24.3 Å². The molecule has 0 saturated carbocycles. The number of alkyl carbamates (subject to hydrolysis) is 1. The Morgan fingerprint density at radius 1 is 1.00 bits per heavy atom. The molecule has 8 heteroatoms. The summed E-state index contributed by atoms with van der Waals surface area (Å²) < 4.78 is 11.1. The van der Waals surface area contributed by atoms with Crippen molar-refractivity contribution in [2.24, 2.45) is 0 Å². The minimum Gasteiger partial charge on any atom is -0.481 e. The molecule has 1 heterocycles. The fraction of sp³-hybridized carbons (Fsp3) is 0.400. The molecule has 4 rings (SSSR count). The monoisotopic (exact) mass is 452 g/mol. The van der Waals surface area contributed by atoms with E-state index in [0.717, 1.165) is 22.3 Å². The van der Waals surface area contributed by atoms with Gasteiger partial charge in [0.15, 0.2) is 0 Å². The van der Waals surface area contributed by atoms with Crippen LogP contribution in [-0.4, -0.2) is 55.0 Å². The summed E-state index contributed by atoms with van der Waals surface area (Å²) in [5.41, 5.74) is 3.78.